The molecular weight excluding hydrogens is 184 g/mol. The summed E-state index contributed by atoms with van der Waals surface area (Å²) in [5, 5.41) is 0. The van der Waals surface area contributed by atoms with Crippen LogP contribution in [0.5, 0.6) is 0 Å². The fourth-order valence-corrected chi connectivity index (χ4v) is 1.86. The van der Waals surface area contributed by atoms with Crippen molar-refractivity contribution in [3.63, 3.8) is 0 Å². The molecule has 6 heteroatoms. The minimum atomic E-state index is -3.62. The molecule has 0 atom stereocenters. The summed E-state index contributed by atoms with van der Waals surface area (Å²) in [6.07, 6.45) is 1.51. The summed E-state index contributed by atoms with van der Waals surface area (Å²) < 4.78 is 21.6. The van der Waals surface area contributed by atoms with E-state index in [9.17, 15) is 8.42 Å². The average Bonchev–Trinajstić information content (AvgIpc) is 1.86. The first-order valence-corrected chi connectivity index (χ1v) is 5.19. The zero-order valence-corrected chi connectivity index (χ0v) is 7.35. The van der Waals surface area contributed by atoms with E-state index in [1.807, 2.05) is 0 Å². The first kappa shape index (κ1) is 8.55. The third-order valence-corrected chi connectivity index (χ3v) is 2.68. The van der Waals surface area contributed by atoms with E-state index in [2.05, 4.69) is 4.98 Å². The summed E-state index contributed by atoms with van der Waals surface area (Å²) in [6.45, 7) is 0. The van der Waals surface area contributed by atoms with E-state index in [4.69, 9.17) is 10.7 Å². The van der Waals surface area contributed by atoms with Crippen molar-refractivity contribution in [1.29, 1.82) is 0 Å². The summed E-state index contributed by atoms with van der Waals surface area (Å²) in [7, 11) is 3.06. The Morgan fingerprint density at radius 1 is 1.55 bits per heavy atom. The molecule has 0 saturated heterocycles. The van der Waals surface area contributed by atoms with Crippen molar-refractivity contribution in [2.45, 2.75) is 4.90 Å². The van der Waals surface area contributed by atoms with Gasteiger partial charge in [0.05, 0.1) is 4.90 Å². The standard InChI is InChI=1S/C5H5BClNO2S/c6-5-4(11(7,9)10)2-1-3-8-5/h1-3H,6H2. The number of rotatable bonds is 1. The second-order valence-corrected chi connectivity index (χ2v) is 4.56. The minimum Gasteiger partial charge on any atom is -0.271 e. The lowest BCUT2D eigenvalue weighted by atomic mass is 10.0. The number of pyridine rings is 1. The van der Waals surface area contributed by atoms with E-state index in [-0.39, 0.29) is 4.90 Å². The fourth-order valence-electron chi connectivity index (χ4n) is 0.727. The lowest BCUT2D eigenvalue weighted by Crippen LogP contribution is -2.15. The summed E-state index contributed by atoms with van der Waals surface area (Å²) in [6, 6.07) is 2.95. The van der Waals surface area contributed by atoms with Crippen molar-refractivity contribution < 1.29 is 8.42 Å². The van der Waals surface area contributed by atoms with E-state index in [1.54, 1.807) is 7.85 Å². The molecule has 0 amide bonds. The number of hydrogen-bond acceptors (Lipinski definition) is 3. The van der Waals surface area contributed by atoms with E-state index < -0.39 is 9.05 Å². The van der Waals surface area contributed by atoms with Gasteiger partial charge in [-0.1, -0.05) is 0 Å². The predicted molar refractivity (Wildman–Crippen MR) is 45.5 cm³/mol. The van der Waals surface area contributed by atoms with Crippen LogP contribution in [0.15, 0.2) is 23.2 Å². The van der Waals surface area contributed by atoms with Crippen LogP contribution >= 0.6 is 10.7 Å². The molecule has 0 fully saturated rings. The van der Waals surface area contributed by atoms with Gasteiger partial charge in [0.2, 0.25) is 0 Å². The largest absolute Gasteiger partial charge is 0.271 e. The summed E-state index contributed by atoms with van der Waals surface area (Å²) in [5.74, 6) is 0. The molecule has 0 aliphatic rings. The Morgan fingerprint density at radius 3 is 2.55 bits per heavy atom. The molecule has 0 saturated carbocycles. The maximum Gasteiger partial charge on any atom is 0.262 e. The van der Waals surface area contributed by atoms with Crippen molar-refractivity contribution in [2.75, 3.05) is 0 Å². The fraction of sp³-hybridized carbons (Fsp3) is 0. The Morgan fingerprint density at radius 2 is 2.18 bits per heavy atom. The summed E-state index contributed by atoms with van der Waals surface area (Å²) >= 11 is 0. The molecule has 0 spiro atoms. The Kier molecular flexibility index (Phi) is 2.20. The third-order valence-electron chi connectivity index (χ3n) is 1.22. The Balaban J connectivity index is 3.37. The van der Waals surface area contributed by atoms with Crippen molar-refractivity contribution in [3.05, 3.63) is 18.3 Å². The summed E-state index contributed by atoms with van der Waals surface area (Å²) in [5.41, 5.74) is 0.419. The first-order chi connectivity index (χ1) is 5.02. The molecule has 0 unspecified atom stereocenters. The molecule has 0 aliphatic carbocycles. The van der Waals surface area contributed by atoms with Crippen LogP contribution in [0.4, 0.5) is 0 Å². The number of nitrogens with zero attached hydrogens (tertiary/aromatic N) is 1. The summed E-state index contributed by atoms with van der Waals surface area (Å²) in [4.78, 5) is 3.85. The predicted octanol–water partition coefficient (Wildman–Crippen LogP) is -0.733. The molecule has 11 heavy (non-hydrogen) atoms. The minimum absolute atomic E-state index is 0.0710. The quantitative estimate of drug-likeness (QED) is 0.432. The van der Waals surface area contributed by atoms with Crippen LogP contribution in [0.2, 0.25) is 0 Å². The highest BCUT2D eigenvalue weighted by Crippen LogP contribution is 2.09. The van der Waals surface area contributed by atoms with Gasteiger partial charge in [0.25, 0.3) is 9.05 Å². The Labute approximate surface area is 70.2 Å². The normalized spacial score (nSPS) is 11.4. The molecule has 0 N–H and O–H groups in total. The topological polar surface area (TPSA) is 47.0 Å². The van der Waals surface area contributed by atoms with E-state index in [1.165, 1.54) is 18.3 Å². The van der Waals surface area contributed by atoms with Gasteiger partial charge in [-0.3, -0.25) is 4.98 Å². The van der Waals surface area contributed by atoms with E-state index in [0.29, 0.717) is 5.59 Å². The first-order valence-electron chi connectivity index (χ1n) is 2.88. The highest BCUT2D eigenvalue weighted by molar-refractivity contribution is 8.13. The molecule has 0 aromatic carbocycles. The Bertz CT molecular complexity index is 365. The van der Waals surface area contributed by atoms with Crippen LogP contribution < -0.4 is 5.59 Å². The molecule has 0 bridgehead atoms. The van der Waals surface area contributed by atoms with Gasteiger partial charge in [0.1, 0.15) is 0 Å². The van der Waals surface area contributed by atoms with Gasteiger partial charge >= 0.3 is 0 Å². The molecule has 3 nitrogen and oxygen atoms in total. The number of aromatic nitrogens is 1. The van der Waals surface area contributed by atoms with Gasteiger partial charge in [-0.05, 0) is 12.1 Å². The molecule has 1 aromatic heterocycles. The molecule has 1 aromatic rings. The second kappa shape index (κ2) is 2.83. The van der Waals surface area contributed by atoms with E-state index >= 15 is 0 Å². The van der Waals surface area contributed by atoms with Crippen LogP contribution in [0, 0.1) is 0 Å². The van der Waals surface area contributed by atoms with E-state index in [0.717, 1.165) is 0 Å². The molecule has 58 valence electrons. The van der Waals surface area contributed by atoms with Gasteiger partial charge in [-0.2, -0.15) is 0 Å². The lowest BCUT2D eigenvalue weighted by Gasteiger charge is -1.97. The molecule has 1 rings (SSSR count). The monoisotopic (exact) mass is 189 g/mol. The number of hydrogen-bond donors (Lipinski definition) is 0. The zero-order chi connectivity index (χ0) is 8.48. The van der Waals surface area contributed by atoms with Gasteiger partial charge in [-0.15, -0.1) is 0 Å². The van der Waals surface area contributed by atoms with Gasteiger partial charge in [-0.25, -0.2) is 8.42 Å². The molecule has 0 aliphatic heterocycles. The highest BCUT2D eigenvalue weighted by Gasteiger charge is 2.11. The molecule has 1 heterocycles. The maximum atomic E-state index is 10.8. The van der Waals surface area contributed by atoms with Gasteiger partial charge in [0.15, 0.2) is 7.85 Å². The van der Waals surface area contributed by atoms with Crippen molar-refractivity contribution in [3.8, 4) is 0 Å². The van der Waals surface area contributed by atoms with Gasteiger partial charge < -0.3 is 0 Å². The lowest BCUT2D eigenvalue weighted by molar-refractivity contribution is 0.610. The van der Waals surface area contributed by atoms with Crippen LogP contribution in [0.3, 0.4) is 0 Å². The van der Waals surface area contributed by atoms with Crippen LogP contribution in [0.1, 0.15) is 0 Å². The smallest absolute Gasteiger partial charge is 0.262 e. The second-order valence-electron chi connectivity index (χ2n) is 2.02. The average molecular weight is 189 g/mol. The van der Waals surface area contributed by atoms with Crippen LogP contribution in [0.25, 0.3) is 0 Å². The van der Waals surface area contributed by atoms with Crippen LogP contribution in [-0.4, -0.2) is 21.2 Å². The third kappa shape index (κ3) is 1.94. The van der Waals surface area contributed by atoms with Gasteiger partial charge in [0, 0.05) is 22.5 Å². The maximum absolute atomic E-state index is 10.8. The number of halogens is 1. The van der Waals surface area contributed by atoms with Crippen LogP contribution in [-0.2, 0) is 9.05 Å². The Hall–Kier alpha value is -0.545. The van der Waals surface area contributed by atoms with Crippen molar-refractivity contribution in [2.24, 2.45) is 0 Å². The SMILES string of the molecule is Bc1ncccc1S(=O)(=O)Cl. The molecular formula is C5H5BClNO2S. The highest BCUT2D eigenvalue weighted by atomic mass is 35.7. The molecule has 0 radical (unpaired) electrons. The van der Waals surface area contributed by atoms with Crippen molar-refractivity contribution in [1.82, 2.24) is 4.98 Å². The van der Waals surface area contributed by atoms with Crippen molar-refractivity contribution >= 4 is 33.2 Å². The zero-order valence-electron chi connectivity index (χ0n) is 5.78.